The number of hydrogen-bond donors (Lipinski definition) is 2. The molecule has 0 amide bonds. The molecule has 6 heteroatoms. The van der Waals surface area contributed by atoms with Gasteiger partial charge in [0.15, 0.2) is 0 Å². The van der Waals surface area contributed by atoms with Crippen molar-refractivity contribution in [2.24, 2.45) is 5.92 Å². The monoisotopic (exact) mass is 382 g/mol. The van der Waals surface area contributed by atoms with E-state index in [1.165, 1.54) is 0 Å². The molecule has 2 atom stereocenters. The van der Waals surface area contributed by atoms with Crippen LogP contribution in [0.2, 0.25) is 0 Å². The van der Waals surface area contributed by atoms with Crippen LogP contribution in [-0.4, -0.2) is 24.6 Å². The number of nitrogen functional groups attached to an aromatic ring is 2. The second-order valence-corrected chi connectivity index (χ2v) is 7.16. The summed E-state index contributed by atoms with van der Waals surface area (Å²) in [6.45, 7) is 0.295. The molecule has 3 rings (SSSR count). The molecule has 0 aliphatic heterocycles. The van der Waals surface area contributed by atoms with Crippen molar-refractivity contribution in [2.45, 2.75) is 38.2 Å². The Morgan fingerprint density at radius 3 is 1.96 bits per heavy atom. The van der Waals surface area contributed by atoms with E-state index in [0.717, 1.165) is 25.7 Å². The highest BCUT2D eigenvalue weighted by Crippen LogP contribution is 2.30. The molecule has 148 valence electrons. The second-order valence-electron chi connectivity index (χ2n) is 7.16. The first-order chi connectivity index (χ1) is 13.5. The Morgan fingerprint density at radius 1 is 0.821 bits per heavy atom. The van der Waals surface area contributed by atoms with Gasteiger partial charge in [-0.05, 0) is 80.1 Å². The summed E-state index contributed by atoms with van der Waals surface area (Å²) in [6.07, 6.45) is 4.42. The summed E-state index contributed by atoms with van der Waals surface area (Å²) in [7, 11) is 0. The molecule has 1 unspecified atom stereocenters. The molecule has 2 aromatic carbocycles. The largest absolute Gasteiger partial charge is 0.462 e. The maximum atomic E-state index is 12.4. The SMILES string of the molecule is Nc1ccc(C(=O)OCCC2CCCC[C@H]2OC(=O)c2ccc(N)cc2)cc1. The zero-order valence-electron chi connectivity index (χ0n) is 15.8. The standard InChI is InChI=1S/C22H26N2O4/c23-18-9-5-16(6-10-18)21(25)27-14-13-15-3-1-2-4-20(15)28-22(26)17-7-11-19(24)12-8-17/h5-12,15,20H,1-4,13-14,23-24H2/t15?,20-/m1/s1. The number of esters is 2. The number of hydrogen-bond acceptors (Lipinski definition) is 6. The third kappa shape index (κ3) is 5.25. The van der Waals surface area contributed by atoms with Gasteiger partial charge in [-0.2, -0.15) is 0 Å². The van der Waals surface area contributed by atoms with E-state index >= 15 is 0 Å². The first kappa shape index (κ1) is 19.7. The number of carbonyl (C=O) groups excluding carboxylic acids is 2. The van der Waals surface area contributed by atoms with Gasteiger partial charge in [-0.3, -0.25) is 0 Å². The Morgan fingerprint density at radius 2 is 1.36 bits per heavy atom. The fourth-order valence-electron chi connectivity index (χ4n) is 3.49. The molecule has 0 heterocycles. The van der Waals surface area contributed by atoms with Crippen LogP contribution in [0.25, 0.3) is 0 Å². The smallest absolute Gasteiger partial charge is 0.338 e. The predicted molar refractivity (Wildman–Crippen MR) is 108 cm³/mol. The molecule has 4 N–H and O–H groups in total. The number of anilines is 2. The van der Waals surface area contributed by atoms with Crippen LogP contribution in [-0.2, 0) is 9.47 Å². The number of rotatable bonds is 6. The van der Waals surface area contributed by atoms with Gasteiger partial charge in [0.25, 0.3) is 0 Å². The molecule has 1 fully saturated rings. The summed E-state index contributed by atoms with van der Waals surface area (Å²) < 4.78 is 11.1. The van der Waals surface area contributed by atoms with Crippen LogP contribution >= 0.6 is 0 Å². The zero-order chi connectivity index (χ0) is 19.9. The van der Waals surface area contributed by atoms with Crippen LogP contribution in [0.5, 0.6) is 0 Å². The van der Waals surface area contributed by atoms with E-state index in [-0.39, 0.29) is 24.0 Å². The lowest BCUT2D eigenvalue weighted by molar-refractivity contribution is -0.00609. The van der Waals surface area contributed by atoms with Gasteiger partial charge in [-0.25, -0.2) is 9.59 Å². The minimum absolute atomic E-state index is 0.158. The Balaban J connectivity index is 1.51. The Kier molecular flexibility index (Phi) is 6.53. The van der Waals surface area contributed by atoms with Crippen LogP contribution in [0.3, 0.4) is 0 Å². The van der Waals surface area contributed by atoms with Gasteiger partial charge < -0.3 is 20.9 Å². The normalized spacial score (nSPS) is 19.0. The topological polar surface area (TPSA) is 105 Å². The maximum Gasteiger partial charge on any atom is 0.338 e. The summed E-state index contributed by atoms with van der Waals surface area (Å²) >= 11 is 0. The molecule has 6 nitrogen and oxygen atoms in total. The number of nitrogens with two attached hydrogens (primary N) is 2. The molecule has 0 saturated heterocycles. The van der Waals surface area contributed by atoms with Crippen molar-refractivity contribution in [3.63, 3.8) is 0 Å². The number of ether oxygens (including phenoxy) is 2. The maximum absolute atomic E-state index is 12.4. The highest BCUT2D eigenvalue weighted by atomic mass is 16.5. The third-order valence-corrected chi connectivity index (χ3v) is 5.11. The van der Waals surface area contributed by atoms with Crippen molar-refractivity contribution in [1.29, 1.82) is 0 Å². The van der Waals surface area contributed by atoms with Crippen LogP contribution in [0.15, 0.2) is 48.5 Å². The van der Waals surface area contributed by atoms with E-state index in [1.54, 1.807) is 48.5 Å². The molecule has 1 aliphatic carbocycles. The van der Waals surface area contributed by atoms with Crippen LogP contribution in [0, 0.1) is 5.92 Å². The molecule has 0 radical (unpaired) electrons. The quantitative estimate of drug-likeness (QED) is 0.581. The number of carbonyl (C=O) groups is 2. The average molecular weight is 382 g/mol. The van der Waals surface area contributed by atoms with Crippen molar-refractivity contribution in [1.82, 2.24) is 0 Å². The van der Waals surface area contributed by atoms with Gasteiger partial charge in [0.1, 0.15) is 6.10 Å². The highest BCUT2D eigenvalue weighted by Gasteiger charge is 2.29. The summed E-state index contributed by atoms with van der Waals surface area (Å²) in [6, 6.07) is 13.4. The van der Waals surface area contributed by atoms with Crippen molar-refractivity contribution in [2.75, 3.05) is 18.1 Å². The Labute approximate surface area is 164 Å². The third-order valence-electron chi connectivity index (χ3n) is 5.11. The molecular weight excluding hydrogens is 356 g/mol. The first-order valence-corrected chi connectivity index (χ1v) is 9.62. The molecule has 0 aromatic heterocycles. The van der Waals surface area contributed by atoms with Gasteiger partial charge in [-0.1, -0.05) is 6.42 Å². The van der Waals surface area contributed by atoms with Crippen LogP contribution < -0.4 is 11.5 Å². The predicted octanol–water partition coefficient (Wildman–Crippen LogP) is 3.81. The van der Waals surface area contributed by atoms with E-state index in [0.29, 0.717) is 35.5 Å². The van der Waals surface area contributed by atoms with Crippen molar-refractivity contribution in [3.8, 4) is 0 Å². The van der Waals surface area contributed by atoms with E-state index in [4.69, 9.17) is 20.9 Å². The fraction of sp³-hybridized carbons (Fsp3) is 0.364. The molecule has 28 heavy (non-hydrogen) atoms. The lowest BCUT2D eigenvalue weighted by Gasteiger charge is -2.31. The molecule has 1 saturated carbocycles. The highest BCUT2D eigenvalue weighted by molar-refractivity contribution is 5.90. The molecule has 2 aromatic rings. The van der Waals surface area contributed by atoms with Crippen LogP contribution in [0.1, 0.15) is 52.8 Å². The van der Waals surface area contributed by atoms with Crippen molar-refractivity contribution in [3.05, 3.63) is 59.7 Å². The summed E-state index contributed by atoms with van der Waals surface area (Å²) in [5, 5.41) is 0. The van der Waals surface area contributed by atoms with E-state index in [9.17, 15) is 9.59 Å². The minimum atomic E-state index is -0.369. The molecule has 0 spiro atoms. The minimum Gasteiger partial charge on any atom is -0.462 e. The van der Waals surface area contributed by atoms with Gasteiger partial charge in [-0.15, -0.1) is 0 Å². The first-order valence-electron chi connectivity index (χ1n) is 9.62. The lowest BCUT2D eigenvalue weighted by Crippen LogP contribution is -2.31. The van der Waals surface area contributed by atoms with E-state index in [1.807, 2.05) is 0 Å². The number of benzene rings is 2. The fourth-order valence-corrected chi connectivity index (χ4v) is 3.49. The zero-order valence-corrected chi connectivity index (χ0v) is 15.8. The molecule has 1 aliphatic rings. The van der Waals surface area contributed by atoms with Crippen molar-refractivity contribution < 1.29 is 19.1 Å². The van der Waals surface area contributed by atoms with E-state index in [2.05, 4.69) is 0 Å². The molecular formula is C22H26N2O4. The summed E-state index contributed by atoms with van der Waals surface area (Å²) in [5.74, 6) is -0.521. The van der Waals surface area contributed by atoms with Gasteiger partial charge >= 0.3 is 11.9 Å². The Bertz CT molecular complexity index is 802. The molecule has 0 bridgehead atoms. The van der Waals surface area contributed by atoms with Crippen molar-refractivity contribution >= 4 is 23.3 Å². The van der Waals surface area contributed by atoms with Gasteiger partial charge in [0, 0.05) is 11.4 Å². The van der Waals surface area contributed by atoms with E-state index < -0.39 is 0 Å². The van der Waals surface area contributed by atoms with Gasteiger partial charge in [0.2, 0.25) is 0 Å². The second kappa shape index (κ2) is 9.26. The van der Waals surface area contributed by atoms with Gasteiger partial charge in [0.05, 0.1) is 17.7 Å². The Hall–Kier alpha value is -3.02. The van der Waals surface area contributed by atoms with Crippen LogP contribution in [0.4, 0.5) is 11.4 Å². The lowest BCUT2D eigenvalue weighted by atomic mass is 9.84. The summed E-state index contributed by atoms with van der Waals surface area (Å²) in [5.41, 5.74) is 13.5. The average Bonchev–Trinajstić information content (AvgIpc) is 2.70. The summed E-state index contributed by atoms with van der Waals surface area (Å²) in [4.78, 5) is 24.5.